The number of hydrogen-bond acceptors (Lipinski definition) is 17. The molecule has 13 rings (SSSR count). The van der Waals surface area contributed by atoms with Gasteiger partial charge in [-0.25, -0.2) is 17.6 Å². The van der Waals surface area contributed by atoms with Gasteiger partial charge < -0.3 is 4.74 Å². The minimum Gasteiger partial charge on any atom is -0.493 e. The third-order valence-electron chi connectivity index (χ3n) is 26.0. The topological polar surface area (TPSA) is 86.6 Å². The molecular weight excluding hydrogens is 1750 g/mol. The molecule has 0 saturated heterocycles. The van der Waals surface area contributed by atoms with Gasteiger partial charge in [0.15, 0.2) is 23.3 Å². The van der Waals surface area contributed by atoms with E-state index < -0.39 is 23.3 Å². The van der Waals surface area contributed by atoms with Crippen molar-refractivity contribution in [3.63, 3.8) is 0 Å². The number of aromatic nitrogens is 6. The molecule has 0 aliphatic heterocycles. The molecular formula is C104H134F4N6OS10. The van der Waals surface area contributed by atoms with Crippen LogP contribution in [-0.4, -0.2) is 32.8 Å². The van der Waals surface area contributed by atoms with Gasteiger partial charge in [-0.2, -0.15) is 26.2 Å². The summed E-state index contributed by atoms with van der Waals surface area (Å²) in [6.45, 7) is 27.5. The number of fused-ring (bicyclic) bond motifs is 3. The molecule has 0 amide bonds. The zero-order valence-electron chi connectivity index (χ0n) is 76.5. The summed E-state index contributed by atoms with van der Waals surface area (Å²) in [4.78, 5) is 13.4. The van der Waals surface area contributed by atoms with Crippen molar-refractivity contribution in [3.8, 4) is 97.7 Å². The monoisotopic (exact) mass is 1880 g/mol. The second-order valence-electron chi connectivity index (χ2n) is 35.8. The van der Waals surface area contributed by atoms with Crippen molar-refractivity contribution in [1.29, 1.82) is 0 Å². The number of halogens is 4. The summed E-state index contributed by atoms with van der Waals surface area (Å²) in [5.41, 5.74) is 11.6. The minimum atomic E-state index is -0.910. The quantitative estimate of drug-likeness (QED) is 0.0277. The van der Waals surface area contributed by atoms with Crippen LogP contribution in [0.5, 0.6) is 5.75 Å². The van der Waals surface area contributed by atoms with Gasteiger partial charge in [-0.3, -0.25) is 0 Å². The molecule has 674 valence electrons. The second kappa shape index (κ2) is 48.6. The fourth-order valence-electron chi connectivity index (χ4n) is 18.7. The maximum Gasteiger partial charge on any atom is 0.170 e. The van der Waals surface area contributed by atoms with Gasteiger partial charge in [-0.05, 0) is 159 Å². The molecule has 0 spiro atoms. The molecule has 0 N–H and O–H groups in total. The van der Waals surface area contributed by atoms with Gasteiger partial charge in [-0.15, -0.1) is 79.4 Å². The molecule has 0 saturated carbocycles. The number of thiophene rings is 7. The van der Waals surface area contributed by atoms with Gasteiger partial charge in [0.2, 0.25) is 0 Å². The SMILES string of the molecule is CCCCCCCCCCC(C)Cc1cc(-c2c(F)c(F)c(-c3cc(CC(CCCCCCCC)CCCCCCCCCC)c(-c4ccc(-c5c(OCCCCCC)c(C)c(-c6ccc(C)s6)c6nsnc56)s4)s3)c3nsnc23)sc1-c1ccc(-c2sc(-c3c(F)c(F)c(-c4cc(CC(CC)CCCC)c(C)s4)c4nsnc34)cc2CC(CC)CCCC)s1. The largest absolute Gasteiger partial charge is 0.493 e. The van der Waals surface area contributed by atoms with E-state index >= 15 is 17.6 Å². The normalized spacial score (nSPS) is 13.1. The molecule has 125 heavy (non-hydrogen) atoms. The van der Waals surface area contributed by atoms with Crippen molar-refractivity contribution in [2.24, 2.45) is 23.7 Å². The van der Waals surface area contributed by atoms with E-state index in [-0.39, 0.29) is 22.3 Å². The summed E-state index contributed by atoms with van der Waals surface area (Å²) in [7, 11) is 0. The van der Waals surface area contributed by atoms with Crippen LogP contribution in [0.4, 0.5) is 17.6 Å². The van der Waals surface area contributed by atoms with Crippen LogP contribution in [0, 0.1) is 67.7 Å². The third kappa shape index (κ3) is 24.1. The predicted molar refractivity (Wildman–Crippen MR) is 544 cm³/mol. The smallest absolute Gasteiger partial charge is 0.170 e. The van der Waals surface area contributed by atoms with E-state index in [1.54, 1.807) is 45.3 Å². The lowest BCUT2D eigenvalue weighted by Gasteiger charge is -2.18. The molecule has 4 atom stereocenters. The summed E-state index contributed by atoms with van der Waals surface area (Å²) in [5, 5.41) is 0. The Morgan fingerprint density at radius 2 is 0.616 bits per heavy atom. The molecule has 21 heteroatoms. The average Bonchev–Trinajstić information content (AvgIpc) is 1.60. The fraction of sp³-hybridized carbons (Fsp3) is 0.558. The van der Waals surface area contributed by atoms with Crippen molar-refractivity contribution in [1.82, 2.24) is 26.2 Å². The lowest BCUT2D eigenvalue weighted by atomic mass is 9.88. The Bertz CT molecular complexity index is 5540. The Balaban J connectivity index is 0.900. The van der Waals surface area contributed by atoms with Crippen LogP contribution in [-0.2, 0) is 25.7 Å². The van der Waals surface area contributed by atoms with Crippen LogP contribution in [0.1, 0.15) is 337 Å². The number of aryl methyl sites for hydroxylation is 2. The van der Waals surface area contributed by atoms with E-state index in [1.807, 2.05) is 0 Å². The zero-order chi connectivity index (χ0) is 87.9. The van der Waals surface area contributed by atoms with Crippen LogP contribution in [0.15, 0.2) is 60.7 Å². The predicted octanol–water partition coefficient (Wildman–Crippen LogP) is 38.2. The summed E-state index contributed by atoms with van der Waals surface area (Å²) in [5.74, 6) is -1.11. The second-order valence-corrected chi connectivity index (χ2v) is 45.2. The van der Waals surface area contributed by atoms with Gasteiger partial charge in [0.25, 0.3) is 0 Å². The summed E-state index contributed by atoms with van der Waals surface area (Å²) >= 11 is 14.6. The van der Waals surface area contributed by atoms with E-state index in [9.17, 15) is 0 Å². The Kier molecular flexibility index (Phi) is 37.8. The lowest BCUT2D eigenvalue weighted by molar-refractivity contribution is 0.305. The highest BCUT2D eigenvalue weighted by molar-refractivity contribution is 7.28. The molecule has 0 aliphatic carbocycles. The number of unbranched alkanes of at least 4 members (excludes halogenated alkanes) is 24. The molecule has 13 aromatic rings. The fourth-order valence-corrected chi connectivity index (χ4v) is 28.6. The number of rotatable bonds is 56. The van der Waals surface area contributed by atoms with Crippen molar-refractivity contribution in [2.75, 3.05) is 6.61 Å². The molecule has 3 aromatic carbocycles. The Morgan fingerprint density at radius 1 is 0.296 bits per heavy atom. The molecule has 7 nitrogen and oxygen atoms in total. The van der Waals surface area contributed by atoms with Crippen molar-refractivity contribution < 1.29 is 22.3 Å². The standard InChI is InChI=1S/C104H134F4N6OS10/c1-13-21-27-31-34-36-38-41-45-65(9)57-73-62-82(120-102(73)79-54-55-80(119-79)103-74(59-70(20-8)47-26-18-6)63-83(121-103)88-92(106)91(105)86(96-97(88)111-124-110-96)81-61-72(68(12)117-81)58-69(19-7)46-25-17-5)87-93(107)94(108)89(99-98(87)112-125-113-99)84-64-75(60-71(48-42-39-33-29-23-15-3)49-43-40-37-35-32-28-22-14-2)104(122-84)78-53-52-77(118-78)90-100-95(109-123-114-100)85(76-51-50-66(10)116-76)67(11)101(90)115-56-44-30-24-16-4/h50-55,61-65,69-71H,13-49,56-60H2,1-12H3. The number of nitrogens with zero attached hydrogens (tertiary/aromatic N) is 6. The van der Waals surface area contributed by atoms with E-state index in [0.29, 0.717) is 71.9 Å². The average molecular weight is 1880 g/mol. The van der Waals surface area contributed by atoms with E-state index in [0.717, 1.165) is 234 Å². The van der Waals surface area contributed by atoms with Crippen LogP contribution >= 0.6 is 115 Å². The minimum absolute atomic E-state index is 0.152. The molecule has 0 fully saturated rings. The summed E-state index contributed by atoms with van der Waals surface area (Å²) < 4.78 is 109. The van der Waals surface area contributed by atoms with Crippen LogP contribution in [0.25, 0.3) is 125 Å². The zero-order valence-corrected chi connectivity index (χ0v) is 84.6. The van der Waals surface area contributed by atoms with Crippen LogP contribution in [0.3, 0.4) is 0 Å². The maximum absolute atomic E-state index is 18.7. The van der Waals surface area contributed by atoms with Gasteiger partial charge >= 0.3 is 0 Å². The van der Waals surface area contributed by atoms with E-state index in [4.69, 9.17) is 31.0 Å². The summed E-state index contributed by atoms with van der Waals surface area (Å²) in [6.07, 6.45) is 47.1. The lowest BCUT2D eigenvalue weighted by Crippen LogP contribution is -2.05. The summed E-state index contributed by atoms with van der Waals surface area (Å²) in [6, 6.07) is 21.8. The van der Waals surface area contributed by atoms with Crippen LogP contribution < -0.4 is 4.74 Å². The number of benzene rings is 3. The first kappa shape index (κ1) is 97.1. The van der Waals surface area contributed by atoms with Crippen molar-refractivity contribution in [2.45, 2.75) is 346 Å². The highest BCUT2D eigenvalue weighted by atomic mass is 32.1. The van der Waals surface area contributed by atoms with Gasteiger partial charge in [0.05, 0.1) is 69.6 Å². The Labute approximate surface area is 785 Å². The Hall–Kier alpha value is -5.46. The van der Waals surface area contributed by atoms with Gasteiger partial charge in [0, 0.05) is 79.4 Å². The molecule has 0 aliphatic rings. The van der Waals surface area contributed by atoms with Gasteiger partial charge in [0.1, 0.15) is 38.8 Å². The molecule has 0 radical (unpaired) electrons. The first-order valence-electron chi connectivity index (χ1n) is 48.0. The first-order chi connectivity index (χ1) is 61.0. The number of hydrogen-bond donors (Lipinski definition) is 0. The molecule has 0 bridgehead atoms. The van der Waals surface area contributed by atoms with Gasteiger partial charge in [-0.1, -0.05) is 293 Å². The van der Waals surface area contributed by atoms with Crippen molar-refractivity contribution >= 4 is 148 Å². The molecule has 10 heterocycles. The highest BCUT2D eigenvalue weighted by Gasteiger charge is 2.34. The van der Waals surface area contributed by atoms with E-state index in [2.05, 4.69) is 144 Å². The highest BCUT2D eigenvalue weighted by Crippen LogP contribution is 2.56. The third-order valence-corrected chi connectivity index (χ3v) is 36.1. The van der Waals surface area contributed by atoms with E-state index in [1.165, 1.54) is 203 Å². The molecule has 4 unspecified atom stereocenters. The number of ether oxygens (including phenoxy) is 1. The van der Waals surface area contributed by atoms with Crippen molar-refractivity contribution in [3.05, 3.63) is 122 Å². The molecule has 10 aromatic heterocycles. The van der Waals surface area contributed by atoms with Crippen LogP contribution in [0.2, 0.25) is 0 Å². The maximum atomic E-state index is 18.7. The Morgan fingerprint density at radius 3 is 1.03 bits per heavy atom. The first-order valence-corrected chi connectivity index (χ1v) is 55.9.